The van der Waals surface area contributed by atoms with Gasteiger partial charge in [0.05, 0.1) is 5.71 Å². The third-order valence-corrected chi connectivity index (χ3v) is 9.77. The lowest BCUT2D eigenvalue weighted by molar-refractivity contribution is -0.772. The Bertz CT molecular complexity index is 788. The lowest BCUT2D eigenvalue weighted by atomic mass is 9.44. The fourth-order valence-corrected chi connectivity index (χ4v) is 8.02. The van der Waals surface area contributed by atoms with E-state index in [1.54, 1.807) is 0 Å². The number of ketones is 1. The van der Waals surface area contributed by atoms with Crippen molar-refractivity contribution in [2.75, 3.05) is 13.1 Å². The molecule has 5 fully saturated rings. The first-order valence-corrected chi connectivity index (χ1v) is 12.1. The molecule has 180 valence electrons. The smallest absolute Gasteiger partial charge is 0.294 e. The lowest BCUT2D eigenvalue weighted by Gasteiger charge is -2.61. The Balaban J connectivity index is 0.00000245. The number of carbonyl (C=O) groups excluding carboxylic acids is 1. The summed E-state index contributed by atoms with van der Waals surface area (Å²) in [6.45, 7) is 6.25. The Labute approximate surface area is 195 Å². The third kappa shape index (κ3) is 3.81. The number of carbonyl (C=O) groups is 1. The van der Waals surface area contributed by atoms with Crippen LogP contribution in [0.5, 0.6) is 0 Å². The Morgan fingerprint density at radius 1 is 1.12 bits per heavy atom. The molecule has 0 amide bonds. The first-order chi connectivity index (χ1) is 14.8. The van der Waals surface area contributed by atoms with Crippen molar-refractivity contribution in [3.63, 3.8) is 0 Å². The van der Waals surface area contributed by atoms with Crippen molar-refractivity contribution in [2.24, 2.45) is 39.7 Å². The summed E-state index contributed by atoms with van der Waals surface area (Å²) in [7, 11) is 0. The lowest BCUT2D eigenvalue weighted by Crippen LogP contribution is -2.58. The summed E-state index contributed by atoms with van der Waals surface area (Å²) in [6, 6.07) is 0. The maximum Gasteiger partial charge on any atom is 0.294 e. The van der Waals surface area contributed by atoms with Crippen LogP contribution in [0.2, 0.25) is 0 Å². The van der Waals surface area contributed by atoms with E-state index in [2.05, 4.69) is 24.3 Å². The predicted molar refractivity (Wildman–Crippen MR) is 121 cm³/mol. The summed E-state index contributed by atoms with van der Waals surface area (Å²) in [5.74, 6) is 1.62. The Morgan fingerprint density at radius 3 is 2.66 bits per heavy atom. The second-order valence-corrected chi connectivity index (χ2v) is 11.1. The third-order valence-electron chi connectivity index (χ3n) is 9.77. The summed E-state index contributed by atoms with van der Waals surface area (Å²) < 4.78 is 0. The molecule has 4 unspecified atom stereocenters. The fourth-order valence-electron chi connectivity index (χ4n) is 8.02. The van der Waals surface area contributed by atoms with E-state index in [9.17, 15) is 14.9 Å². The molecule has 0 spiro atoms. The van der Waals surface area contributed by atoms with E-state index in [4.69, 9.17) is 9.68 Å². The first-order valence-electron chi connectivity index (χ1n) is 12.1. The molecule has 9 heteroatoms. The van der Waals surface area contributed by atoms with E-state index in [1.807, 2.05) is 0 Å². The number of hydrogen-bond donors (Lipinski definition) is 1. The van der Waals surface area contributed by atoms with Gasteiger partial charge in [-0.25, -0.2) is 0 Å². The van der Waals surface area contributed by atoms with Crippen molar-refractivity contribution >= 4 is 23.9 Å². The molecule has 1 heterocycles. The number of hydrogen-bond acceptors (Lipinski definition) is 7. The number of rotatable bonds is 4. The van der Waals surface area contributed by atoms with Gasteiger partial charge in [0, 0.05) is 24.8 Å². The predicted octanol–water partition coefficient (Wildman–Crippen LogP) is 3.94. The fraction of sp³-hybridized carbons (Fsp3) is 0.913. The van der Waals surface area contributed by atoms with Gasteiger partial charge >= 0.3 is 0 Å². The first kappa shape index (κ1) is 23.7. The summed E-state index contributed by atoms with van der Waals surface area (Å²) in [6.07, 6.45) is 7.47. The number of nitrogens with one attached hydrogen (secondary N) is 1. The zero-order valence-corrected chi connectivity index (χ0v) is 19.9. The van der Waals surface area contributed by atoms with Gasteiger partial charge in [0.15, 0.2) is 0 Å². The van der Waals surface area contributed by atoms with E-state index in [-0.39, 0.29) is 35.3 Å². The van der Waals surface area contributed by atoms with Gasteiger partial charge in [0.2, 0.25) is 0 Å². The van der Waals surface area contributed by atoms with Crippen LogP contribution in [-0.2, 0) is 14.5 Å². The summed E-state index contributed by atoms with van der Waals surface area (Å²) in [4.78, 5) is 35.2. The Kier molecular flexibility index (Phi) is 6.49. The SMILES string of the molecule is C[C@]12CCC(=NO[C@@H]3CCNC3)CC1[C@@H](O[N+](=O)[O-])CC1C2CC[C@]2(C)C(=O)CCC12.Cl. The van der Waals surface area contributed by atoms with Gasteiger partial charge in [-0.1, -0.05) is 19.0 Å². The monoisotopic (exact) mass is 469 g/mol. The van der Waals surface area contributed by atoms with Crippen LogP contribution in [0.3, 0.4) is 0 Å². The molecule has 5 aliphatic rings. The molecular formula is C23H36ClN3O5. The number of oxime groups is 1. The van der Waals surface area contributed by atoms with Gasteiger partial charge in [-0.15, -0.1) is 22.5 Å². The summed E-state index contributed by atoms with van der Waals surface area (Å²) >= 11 is 0. The molecule has 1 saturated heterocycles. The Morgan fingerprint density at radius 2 is 1.94 bits per heavy atom. The van der Waals surface area contributed by atoms with E-state index >= 15 is 0 Å². The number of nitrogens with zero attached hydrogens (tertiary/aromatic N) is 2. The average Bonchev–Trinajstić information content (AvgIpc) is 3.35. The molecule has 8 nitrogen and oxygen atoms in total. The van der Waals surface area contributed by atoms with Crippen molar-refractivity contribution in [1.29, 1.82) is 0 Å². The van der Waals surface area contributed by atoms with Crippen LogP contribution in [0.4, 0.5) is 0 Å². The van der Waals surface area contributed by atoms with Crippen LogP contribution >= 0.6 is 12.4 Å². The molecule has 1 aliphatic heterocycles. The van der Waals surface area contributed by atoms with E-state index in [0.717, 1.165) is 57.3 Å². The molecular weight excluding hydrogens is 434 g/mol. The van der Waals surface area contributed by atoms with Gasteiger partial charge in [0.1, 0.15) is 18.0 Å². The number of fused-ring (bicyclic) bond motifs is 5. The maximum absolute atomic E-state index is 12.7. The molecule has 8 atom stereocenters. The highest BCUT2D eigenvalue weighted by Crippen LogP contribution is 2.65. The highest BCUT2D eigenvalue weighted by molar-refractivity contribution is 5.87. The normalized spacial score (nSPS) is 46.6. The second-order valence-electron chi connectivity index (χ2n) is 11.1. The van der Waals surface area contributed by atoms with E-state index in [0.29, 0.717) is 42.8 Å². The van der Waals surface area contributed by atoms with Crippen molar-refractivity contribution in [2.45, 2.75) is 83.8 Å². The van der Waals surface area contributed by atoms with Crippen molar-refractivity contribution in [3.8, 4) is 0 Å². The molecule has 0 radical (unpaired) electrons. The highest BCUT2D eigenvalue weighted by atomic mass is 35.5. The standard InChI is InChI=1S/C23H35N3O5.ClH/c1-22-8-5-14(25-30-15-7-10-24-13-15)11-19(22)20(31-26(28)29)12-16-17-3-4-21(27)23(17,2)9-6-18(16)22;/h15-20,24H,3-13H2,1-2H3;1H/t15-,16?,17?,18?,19?,20+,22-,23+;/m1./s1. The van der Waals surface area contributed by atoms with E-state index < -0.39 is 11.2 Å². The minimum atomic E-state index is -0.612. The molecule has 1 N–H and O–H groups in total. The van der Waals surface area contributed by atoms with Crippen molar-refractivity contribution in [1.82, 2.24) is 5.32 Å². The van der Waals surface area contributed by atoms with Crippen LogP contribution in [0.15, 0.2) is 5.16 Å². The van der Waals surface area contributed by atoms with Crippen molar-refractivity contribution < 1.29 is 19.6 Å². The summed E-state index contributed by atoms with van der Waals surface area (Å²) in [5.41, 5.74) is 0.750. The molecule has 0 aromatic carbocycles. The topological polar surface area (TPSA) is 103 Å². The van der Waals surface area contributed by atoms with Crippen LogP contribution in [0, 0.1) is 44.6 Å². The highest BCUT2D eigenvalue weighted by Gasteiger charge is 2.62. The van der Waals surface area contributed by atoms with Gasteiger partial charge in [0.25, 0.3) is 5.09 Å². The van der Waals surface area contributed by atoms with Crippen LogP contribution in [-0.4, -0.2) is 41.9 Å². The molecule has 4 aliphatic carbocycles. The summed E-state index contributed by atoms with van der Waals surface area (Å²) in [5, 5.41) is 18.6. The van der Waals surface area contributed by atoms with Crippen LogP contribution in [0.1, 0.15) is 71.6 Å². The largest absolute Gasteiger partial charge is 0.391 e. The molecule has 0 aromatic heterocycles. The molecule has 4 saturated carbocycles. The van der Waals surface area contributed by atoms with Gasteiger partial charge < -0.3 is 15.0 Å². The van der Waals surface area contributed by atoms with Crippen molar-refractivity contribution in [3.05, 3.63) is 10.1 Å². The van der Waals surface area contributed by atoms with Gasteiger partial charge in [-0.2, -0.15) is 0 Å². The van der Waals surface area contributed by atoms with Gasteiger partial charge in [-0.05, 0) is 80.6 Å². The minimum Gasteiger partial charge on any atom is -0.391 e. The number of halogens is 1. The Hall–Kier alpha value is -1.41. The van der Waals surface area contributed by atoms with Crippen LogP contribution in [0.25, 0.3) is 0 Å². The quantitative estimate of drug-likeness (QED) is 0.494. The molecule has 5 rings (SSSR count). The minimum absolute atomic E-state index is 0. The van der Waals surface area contributed by atoms with E-state index in [1.165, 1.54) is 0 Å². The molecule has 0 aromatic rings. The van der Waals surface area contributed by atoms with Gasteiger partial charge in [-0.3, -0.25) is 4.79 Å². The molecule has 0 bridgehead atoms. The maximum atomic E-state index is 12.7. The second kappa shape index (κ2) is 8.75. The molecule has 32 heavy (non-hydrogen) atoms. The number of Topliss-reactive ketones (excluding diaryl/α,β-unsaturated/α-hetero) is 1. The average molecular weight is 470 g/mol. The van der Waals surface area contributed by atoms with Crippen LogP contribution < -0.4 is 5.32 Å². The zero-order chi connectivity index (χ0) is 21.8. The zero-order valence-electron chi connectivity index (χ0n) is 19.1.